The van der Waals surface area contributed by atoms with E-state index in [-0.39, 0.29) is 35.8 Å². The molecule has 0 bridgehead atoms. The molecule has 1 saturated carbocycles. The van der Waals surface area contributed by atoms with Gasteiger partial charge in [0.1, 0.15) is 17.5 Å². The summed E-state index contributed by atoms with van der Waals surface area (Å²) in [6, 6.07) is 9.12. The number of ether oxygens (including phenoxy) is 2. The molecule has 3 aromatic rings. The molecule has 3 unspecified atom stereocenters. The Hall–Kier alpha value is -3.75. The van der Waals surface area contributed by atoms with Crippen molar-refractivity contribution in [1.82, 2.24) is 29.3 Å². The molecule has 2 saturated heterocycles. The van der Waals surface area contributed by atoms with Crippen molar-refractivity contribution in [3.8, 4) is 17.0 Å². The van der Waals surface area contributed by atoms with Crippen LogP contribution in [0.4, 0.5) is 4.79 Å². The zero-order valence-electron chi connectivity index (χ0n) is 29.2. The maximum Gasteiger partial charge on any atom is 0.410 e. The first-order valence-corrected chi connectivity index (χ1v) is 19.1. The molecule has 2 aliphatic heterocycles. The van der Waals surface area contributed by atoms with Gasteiger partial charge in [-0.05, 0) is 76.5 Å². The minimum absolute atomic E-state index is 0.0471. The Morgan fingerprint density at radius 3 is 2.20 bits per heavy atom. The molecule has 2 amide bonds. The number of hydrogen-bond acceptors (Lipinski definition) is 10. The van der Waals surface area contributed by atoms with Crippen molar-refractivity contribution in [1.29, 1.82) is 0 Å². The minimum Gasteiger partial charge on any atom is -0.473 e. The first kappa shape index (κ1) is 35.1. The van der Waals surface area contributed by atoms with Crippen LogP contribution in [-0.4, -0.2) is 94.2 Å². The summed E-state index contributed by atoms with van der Waals surface area (Å²) in [5.41, 5.74) is 1.94. The van der Waals surface area contributed by atoms with Crippen LogP contribution in [-0.2, 0) is 14.8 Å². The first-order valence-electron chi connectivity index (χ1n) is 17.2. The number of nitrogens with zero attached hydrogens (tertiary/aromatic N) is 5. The van der Waals surface area contributed by atoms with Crippen LogP contribution in [0.15, 0.2) is 30.3 Å². The zero-order valence-corrected chi connectivity index (χ0v) is 30.0. The van der Waals surface area contributed by atoms with Crippen molar-refractivity contribution in [2.24, 2.45) is 11.8 Å². The second kappa shape index (κ2) is 13.5. The number of carbonyl (C=O) groups is 2. The third-order valence-electron chi connectivity index (χ3n) is 9.44. The fraction of sp³-hybridized carbons (Fsp3) is 0.600. The number of hydrogen-bond donors (Lipinski definition) is 2. The van der Waals surface area contributed by atoms with Crippen molar-refractivity contribution in [2.45, 2.75) is 90.7 Å². The van der Waals surface area contributed by atoms with Crippen molar-refractivity contribution >= 4 is 33.1 Å². The SMILES string of the molecule is CC(C)Oc1nn(C2CCCCC2)c2nc(C(=O)NS(C)(=O)=O)cc(-c3ccc(C(O)N4CC5CN(C(=O)OC(C)(C)C)CC5C4)cc3)c12. The van der Waals surface area contributed by atoms with Crippen LogP contribution in [0.1, 0.15) is 95.0 Å². The molecule has 14 heteroatoms. The second-order valence-electron chi connectivity index (χ2n) is 15.0. The average molecular weight is 697 g/mol. The Morgan fingerprint density at radius 1 is 1.00 bits per heavy atom. The third-order valence-corrected chi connectivity index (χ3v) is 10.00. The Morgan fingerprint density at radius 2 is 1.63 bits per heavy atom. The molecule has 0 spiro atoms. The Kier molecular flexibility index (Phi) is 9.68. The standard InChI is InChI=1S/C35H48N6O7S/c1-21(2)47-32-29-27(16-28(31(42)38-49(6,45)46)36-30(29)41(37-32)26-10-8-7-9-11-26)22-12-14-23(15-13-22)33(43)39-17-24-19-40(20-25(24)18-39)34(44)48-35(3,4)5/h12-16,21,24-26,33,43H,7-11,17-20H2,1-6H3,(H,38,42). The van der Waals surface area contributed by atoms with Gasteiger partial charge in [-0.3, -0.25) is 9.69 Å². The van der Waals surface area contributed by atoms with Crippen LogP contribution in [0.25, 0.3) is 22.2 Å². The van der Waals surface area contributed by atoms with Crippen molar-refractivity contribution in [3.63, 3.8) is 0 Å². The van der Waals surface area contributed by atoms with Gasteiger partial charge >= 0.3 is 6.09 Å². The molecule has 2 aromatic heterocycles. The van der Waals surface area contributed by atoms with E-state index in [1.807, 2.05) is 68.5 Å². The molecular formula is C35H48N6O7S. The Bertz CT molecular complexity index is 1800. The molecule has 49 heavy (non-hydrogen) atoms. The topological polar surface area (TPSA) is 156 Å². The van der Waals surface area contributed by atoms with E-state index in [0.29, 0.717) is 54.2 Å². The molecular weight excluding hydrogens is 648 g/mol. The molecule has 2 N–H and O–H groups in total. The fourth-order valence-electron chi connectivity index (χ4n) is 7.30. The summed E-state index contributed by atoms with van der Waals surface area (Å²) >= 11 is 0. The van der Waals surface area contributed by atoms with E-state index < -0.39 is 27.8 Å². The first-order chi connectivity index (χ1) is 23.1. The molecule has 266 valence electrons. The van der Waals surface area contributed by atoms with E-state index in [1.165, 1.54) is 0 Å². The monoisotopic (exact) mass is 696 g/mol. The highest BCUT2D eigenvalue weighted by molar-refractivity contribution is 7.89. The lowest BCUT2D eigenvalue weighted by atomic mass is 9.95. The fourth-order valence-corrected chi connectivity index (χ4v) is 7.75. The normalized spacial score (nSPS) is 21.3. The van der Waals surface area contributed by atoms with Gasteiger partial charge < -0.3 is 19.5 Å². The van der Waals surface area contributed by atoms with Gasteiger partial charge in [-0.2, -0.15) is 0 Å². The van der Waals surface area contributed by atoms with E-state index in [4.69, 9.17) is 14.6 Å². The van der Waals surface area contributed by atoms with Crippen LogP contribution in [0, 0.1) is 11.8 Å². The highest BCUT2D eigenvalue weighted by Gasteiger charge is 2.44. The molecule has 3 aliphatic rings. The maximum absolute atomic E-state index is 13.2. The third kappa shape index (κ3) is 7.86. The number of likely N-dealkylation sites (tertiary alicyclic amines) is 2. The number of carbonyl (C=O) groups excluding carboxylic acids is 2. The number of aliphatic hydroxyl groups is 1. The van der Waals surface area contributed by atoms with Gasteiger partial charge in [0, 0.05) is 31.7 Å². The number of benzene rings is 1. The van der Waals surface area contributed by atoms with Crippen molar-refractivity contribution in [3.05, 3.63) is 41.6 Å². The van der Waals surface area contributed by atoms with Crippen LogP contribution in [0.3, 0.4) is 0 Å². The molecule has 4 heterocycles. The van der Waals surface area contributed by atoms with Crippen LogP contribution >= 0.6 is 0 Å². The summed E-state index contributed by atoms with van der Waals surface area (Å²) in [5.74, 6) is 0.0813. The smallest absolute Gasteiger partial charge is 0.410 e. The van der Waals surface area contributed by atoms with Gasteiger partial charge in [0.05, 0.1) is 23.8 Å². The number of nitrogens with one attached hydrogen (secondary N) is 1. The number of sulfonamides is 1. The Labute approximate surface area is 288 Å². The molecule has 0 radical (unpaired) electrons. The van der Waals surface area contributed by atoms with E-state index in [9.17, 15) is 23.1 Å². The molecule has 3 atom stereocenters. The lowest BCUT2D eigenvalue weighted by Crippen LogP contribution is -2.38. The van der Waals surface area contributed by atoms with Crippen LogP contribution in [0.2, 0.25) is 0 Å². The highest BCUT2D eigenvalue weighted by atomic mass is 32.2. The zero-order chi connectivity index (χ0) is 35.2. The van der Waals surface area contributed by atoms with Crippen LogP contribution in [0.5, 0.6) is 5.88 Å². The number of aliphatic hydroxyl groups excluding tert-OH is 1. The number of aromatic nitrogens is 3. The molecule has 1 aliphatic carbocycles. The molecule has 3 fully saturated rings. The second-order valence-corrected chi connectivity index (χ2v) is 16.8. The van der Waals surface area contributed by atoms with Gasteiger partial charge in [-0.15, -0.1) is 5.10 Å². The Balaban J connectivity index is 1.30. The van der Waals surface area contributed by atoms with Gasteiger partial charge in [0.15, 0.2) is 5.65 Å². The predicted octanol–water partition coefficient (Wildman–Crippen LogP) is 4.87. The van der Waals surface area contributed by atoms with E-state index in [2.05, 4.69) is 9.71 Å². The van der Waals surface area contributed by atoms with Gasteiger partial charge in [0.2, 0.25) is 15.9 Å². The maximum atomic E-state index is 13.2. The number of fused-ring (bicyclic) bond motifs is 2. The average Bonchev–Trinajstić information content (AvgIpc) is 3.71. The molecule has 13 nitrogen and oxygen atoms in total. The van der Waals surface area contributed by atoms with E-state index >= 15 is 0 Å². The largest absolute Gasteiger partial charge is 0.473 e. The van der Waals surface area contributed by atoms with E-state index in [1.54, 1.807) is 11.0 Å². The summed E-state index contributed by atoms with van der Waals surface area (Å²) in [6.07, 6.45) is 4.71. The molecule has 1 aromatic carbocycles. The molecule has 6 rings (SSSR count). The summed E-state index contributed by atoms with van der Waals surface area (Å²) in [4.78, 5) is 34.3. The quantitative estimate of drug-likeness (QED) is 0.333. The summed E-state index contributed by atoms with van der Waals surface area (Å²) in [6.45, 7) is 11.9. The lowest BCUT2D eigenvalue weighted by Gasteiger charge is -2.27. The number of pyridine rings is 1. The van der Waals surface area contributed by atoms with E-state index in [0.717, 1.165) is 43.9 Å². The number of amides is 2. The van der Waals surface area contributed by atoms with Gasteiger partial charge in [-0.25, -0.2) is 27.6 Å². The van der Waals surface area contributed by atoms with Crippen molar-refractivity contribution < 1.29 is 32.6 Å². The highest BCUT2D eigenvalue weighted by Crippen LogP contribution is 2.40. The summed E-state index contributed by atoms with van der Waals surface area (Å²) in [5, 5.41) is 16.9. The predicted molar refractivity (Wildman–Crippen MR) is 184 cm³/mol. The minimum atomic E-state index is -3.83. The number of rotatable bonds is 8. The summed E-state index contributed by atoms with van der Waals surface area (Å²) in [7, 11) is -3.83. The van der Waals surface area contributed by atoms with Gasteiger partial charge in [-0.1, -0.05) is 43.5 Å². The van der Waals surface area contributed by atoms with Crippen LogP contribution < -0.4 is 9.46 Å². The van der Waals surface area contributed by atoms with Crippen molar-refractivity contribution in [2.75, 3.05) is 32.4 Å². The lowest BCUT2D eigenvalue weighted by molar-refractivity contribution is 0.00670. The summed E-state index contributed by atoms with van der Waals surface area (Å²) < 4.78 is 39.7. The van der Waals surface area contributed by atoms with Gasteiger partial charge in [0.25, 0.3) is 5.91 Å².